The zero-order valence-electron chi connectivity index (χ0n) is 17.2. The van der Waals surface area contributed by atoms with Crippen molar-refractivity contribution in [3.05, 3.63) is 47.8 Å². The molecule has 0 aliphatic carbocycles. The van der Waals surface area contributed by atoms with Crippen LogP contribution in [0.3, 0.4) is 0 Å². The zero-order valence-corrected chi connectivity index (χ0v) is 18.1. The third kappa shape index (κ3) is 7.02. The summed E-state index contributed by atoms with van der Waals surface area (Å²) in [6, 6.07) is 7.88. The highest BCUT2D eigenvalue weighted by Gasteiger charge is 2.12. The second kappa shape index (κ2) is 12.0. The second-order valence-corrected chi connectivity index (χ2v) is 6.79. The molecule has 0 atom stereocenters. The molecule has 6 nitrogen and oxygen atoms in total. The van der Waals surface area contributed by atoms with Crippen LogP contribution in [0.25, 0.3) is 12.2 Å². The number of pyridine rings is 1. The largest absolute Gasteiger partial charge is 0.493 e. The Labute approximate surface area is 177 Å². The topological polar surface area (TPSA) is 60.7 Å². The summed E-state index contributed by atoms with van der Waals surface area (Å²) in [5, 5.41) is 2.82. The predicted molar refractivity (Wildman–Crippen MR) is 118 cm³/mol. The minimum Gasteiger partial charge on any atom is -0.493 e. The van der Waals surface area contributed by atoms with E-state index in [2.05, 4.69) is 22.5 Å². The van der Waals surface area contributed by atoms with Crippen molar-refractivity contribution in [1.82, 2.24) is 5.32 Å². The fourth-order valence-electron chi connectivity index (χ4n) is 2.82. The van der Waals surface area contributed by atoms with Crippen molar-refractivity contribution in [2.24, 2.45) is 0 Å². The van der Waals surface area contributed by atoms with Crippen molar-refractivity contribution < 1.29 is 23.6 Å². The molecule has 1 amide bonds. The number of aryl methyl sites for hydroxylation is 1. The van der Waals surface area contributed by atoms with E-state index in [4.69, 9.17) is 14.2 Å². The molecule has 0 radical (unpaired) electrons. The second-order valence-electron chi connectivity index (χ2n) is 6.34. The minimum absolute atomic E-state index is 0.0737. The van der Waals surface area contributed by atoms with Crippen LogP contribution < -0.4 is 24.1 Å². The first-order valence-corrected chi connectivity index (χ1v) is 10.1. The van der Waals surface area contributed by atoms with Crippen LogP contribution in [-0.4, -0.2) is 39.5 Å². The normalized spacial score (nSPS) is 10.8. The number of hydrogen-bond donors (Lipinski definition) is 2. The van der Waals surface area contributed by atoms with Gasteiger partial charge in [0.1, 0.15) is 6.54 Å². The molecule has 0 spiro atoms. The minimum atomic E-state index is 0.0737. The highest BCUT2D eigenvalue weighted by molar-refractivity contribution is 7.80. The summed E-state index contributed by atoms with van der Waals surface area (Å²) in [6.45, 7) is 1.41. The Hall–Kier alpha value is -2.67. The highest BCUT2D eigenvalue weighted by Crippen LogP contribution is 2.38. The molecule has 1 N–H and O–H groups in total. The Kier molecular flexibility index (Phi) is 9.37. The van der Waals surface area contributed by atoms with Crippen LogP contribution in [0.4, 0.5) is 0 Å². The molecule has 29 heavy (non-hydrogen) atoms. The van der Waals surface area contributed by atoms with Gasteiger partial charge in [-0.05, 0) is 23.3 Å². The summed E-state index contributed by atoms with van der Waals surface area (Å²) < 4.78 is 18.2. The van der Waals surface area contributed by atoms with Gasteiger partial charge < -0.3 is 19.5 Å². The zero-order chi connectivity index (χ0) is 21.1. The van der Waals surface area contributed by atoms with Crippen molar-refractivity contribution in [2.45, 2.75) is 19.4 Å². The van der Waals surface area contributed by atoms with Crippen LogP contribution in [0.2, 0.25) is 0 Å². The maximum atomic E-state index is 11.6. The van der Waals surface area contributed by atoms with Crippen LogP contribution in [0.15, 0.2) is 36.7 Å². The van der Waals surface area contributed by atoms with Gasteiger partial charge in [-0.1, -0.05) is 12.2 Å². The van der Waals surface area contributed by atoms with Gasteiger partial charge in [-0.2, -0.15) is 12.6 Å². The molecule has 0 bridgehead atoms. The number of ether oxygens (including phenoxy) is 3. The van der Waals surface area contributed by atoms with Crippen LogP contribution in [0, 0.1) is 0 Å². The number of aromatic nitrogens is 1. The van der Waals surface area contributed by atoms with Gasteiger partial charge in [0.05, 0.1) is 21.3 Å². The first kappa shape index (κ1) is 22.6. The molecule has 0 saturated carbocycles. The van der Waals surface area contributed by atoms with Crippen molar-refractivity contribution in [1.29, 1.82) is 0 Å². The standard InChI is InChI=1S/C22H28N2O4S/c1-26-19-15-18(16-20(27-2)22(19)28-3)7-6-17-8-12-24(13-9-17)11-4-5-21(25)23-10-14-29/h6-9,12-13,15-16H,4-5,10-11,14H2,1-3H3,(H-,23,25,29)/p+1/b7-6+. The monoisotopic (exact) mass is 417 g/mol. The van der Waals surface area contributed by atoms with Crippen molar-refractivity contribution in [2.75, 3.05) is 33.6 Å². The van der Waals surface area contributed by atoms with E-state index in [1.54, 1.807) is 21.3 Å². The SMILES string of the molecule is COc1cc(/C=C/c2cc[n+](CCCC(=O)NCCS)cc2)cc(OC)c1OC. The van der Waals surface area contributed by atoms with Crippen molar-refractivity contribution >= 4 is 30.7 Å². The van der Waals surface area contributed by atoms with Gasteiger partial charge in [0, 0.05) is 37.3 Å². The van der Waals surface area contributed by atoms with E-state index in [0.29, 0.717) is 36.0 Å². The van der Waals surface area contributed by atoms with Crippen LogP contribution in [-0.2, 0) is 11.3 Å². The Morgan fingerprint density at radius 1 is 1.03 bits per heavy atom. The number of nitrogens with zero attached hydrogens (tertiary/aromatic N) is 1. The number of carbonyl (C=O) groups excluding carboxylic acids is 1. The molecule has 0 aliphatic heterocycles. The molecule has 2 aromatic rings. The fourth-order valence-corrected chi connectivity index (χ4v) is 2.94. The molecule has 0 aliphatic rings. The number of rotatable bonds is 11. The molecule has 1 heterocycles. The molecular weight excluding hydrogens is 388 g/mol. The number of methoxy groups -OCH3 is 3. The average Bonchev–Trinajstić information content (AvgIpc) is 2.76. The highest BCUT2D eigenvalue weighted by atomic mass is 32.1. The lowest BCUT2D eigenvalue weighted by Gasteiger charge is -2.12. The van der Waals surface area contributed by atoms with E-state index >= 15 is 0 Å². The van der Waals surface area contributed by atoms with E-state index in [-0.39, 0.29) is 5.91 Å². The van der Waals surface area contributed by atoms with Crippen LogP contribution in [0.1, 0.15) is 24.0 Å². The lowest BCUT2D eigenvalue weighted by atomic mass is 10.1. The van der Waals surface area contributed by atoms with E-state index in [1.165, 1.54) is 0 Å². The van der Waals surface area contributed by atoms with E-state index in [1.807, 2.05) is 48.8 Å². The molecule has 156 valence electrons. The quantitative estimate of drug-likeness (QED) is 0.436. The van der Waals surface area contributed by atoms with Gasteiger partial charge in [-0.15, -0.1) is 0 Å². The van der Waals surface area contributed by atoms with Gasteiger partial charge in [0.2, 0.25) is 11.7 Å². The molecule has 2 rings (SSSR count). The smallest absolute Gasteiger partial charge is 0.220 e. The Bertz CT molecular complexity index is 797. The van der Waals surface area contributed by atoms with Gasteiger partial charge in [0.15, 0.2) is 23.9 Å². The summed E-state index contributed by atoms with van der Waals surface area (Å²) in [6.07, 6.45) is 9.36. The van der Waals surface area contributed by atoms with Gasteiger partial charge in [-0.25, -0.2) is 4.57 Å². The number of thiol groups is 1. The van der Waals surface area contributed by atoms with Crippen molar-refractivity contribution in [3.8, 4) is 17.2 Å². The van der Waals surface area contributed by atoms with Crippen molar-refractivity contribution in [3.63, 3.8) is 0 Å². The Morgan fingerprint density at radius 2 is 1.66 bits per heavy atom. The molecule has 0 fully saturated rings. The Morgan fingerprint density at radius 3 is 2.21 bits per heavy atom. The number of nitrogens with one attached hydrogen (secondary N) is 1. The third-order valence-corrected chi connectivity index (χ3v) is 4.55. The number of amides is 1. The third-order valence-electron chi connectivity index (χ3n) is 4.33. The van der Waals surface area contributed by atoms with Gasteiger partial charge in [-0.3, -0.25) is 4.79 Å². The van der Waals surface area contributed by atoms with E-state index in [9.17, 15) is 4.79 Å². The van der Waals surface area contributed by atoms with Crippen LogP contribution >= 0.6 is 12.6 Å². The predicted octanol–water partition coefficient (Wildman–Crippen LogP) is 3.00. The van der Waals surface area contributed by atoms with Gasteiger partial charge >= 0.3 is 0 Å². The van der Waals surface area contributed by atoms with E-state index in [0.717, 1.165) is 24.1 Å². The lowest BCUT2D eigenvalue weighted by molar-refractivity contribution is -0.697. The summed E-state index contributed by atoms with van der Waals surface area (Å²) in [7, 11) is 4.79. The fraction of sp³-hybridized carbons (Fsp3) is 0.364. The maximum absolute atomic E-state index is 11.6. The number of benzene rings is 1. The molecule has 1 aromatic heterocycles. The van der Waals surface area contributed by atoms with Crippen LogP contribution in [0.5, 0.6) is 17.2 Å². The molecular formula is C22H29N2O4S+. The molecule has 1 aromatic carbocycles. The Balaban J connectivity index is 1.97. The molecule has 0 unspecified atom stereocenters. The first-order chi connectivity index (χ1) is 14.1. The number of hydrogen-bond acceptors (Lipinski definition) is 5. The van der Waals surface area contributed by atoms with E-state index < -0.39 is 0 Å². The average molecular weight is 418 g/mol. The summed E-state index contributed by atoms with van der Waals surface area (Å²) in [4.78, 5) is 11.6. The summed E-state index contributed by atoms with van der Waals surface area (Å²) in [5.74, 6) is 2.55. The maximum Gasteiger partial charge on any atom is 0.220 e. The molecule has 7 heteroatoms. The van der Waals surface area contributed by atoms with Gasteiger partial charge in [0.25, 0.3) is 0 Å². The first-order valence-electron chi connectivity index (χ1n) is 9.46. The summed E-state index contributed by atoms with van der Waals surface area (Å²) in [5.41, 5.74) is 2.02. The molecule has 0 saturated heterocycles. The number of carbonyl (C=O) groups is 1. The lowest BCUT2D eigenvalue weighted by Crippen LogP contribution is -2.33. The summed E-state index contributed by atoms with van der Waals surface area (Å²) >= 11 is 4.08.